The van der Waals surface area contributed by atoms with Crippen molar-refractivity contribution in [3.8, 4) is 0 Å². The van der Waals surface area contributed by atoms with Crippen LogP contribution in [0.3, 0.4) is 0 Å². The summed E-state index contributed by atoms with van der Waals surface area (Å²) in [5.74, 6) is 0. The van der Waals surface area contributed by atoms with Gasteiger partial charge in [0.25, 0.3) is 0 Å². The van der Waals surface area contributed by atoms with Crippen molar-refractivity contribution in [3.63, 3.8) is 0 Å². The molecule has 1 heteroatoms. The topological polar surface area (TPSA) is 0 Å². The van der Waals surface area contributed by atoms with Crippen molar-refractivity contribution in [2.75, 3.05) is 0 Å². The Morgan fingerprint density at radius 3 is 2.85 bits per heavy atom. The zero-order valence-electron chi connectivity index (χ0n) is 11.7. The van der Waals surface area contributed by atoms with E-state index >= 15 is 0 Å². The maximum atomic E-state index is 2.57. The number of allylic oxidation sites excluding steroid dienone is 1. The highest BCUT2D eigenvalue weighted by molar-refractivity contribution is 8.00. The lowest BCUT2D eigenvalue weighted by molar-refractivity contribution is 0.607. The molecule has 2 aromatic rings. The maximum Gasteiger partial charge on any atom is 0.0232 e. The Balaban J connectivity index is 1.66. The number of hydrogen-bond acceptors (Lipinski definition) is 1. The molecule has 0 spiro atoms. The van der Waals surface area contributed by atoms with Crippen molar-refractivity contribution in [3.05, 3.63) is 59.7 Å². The highest BCUT2D eigenvalue weighted by Gasteiger charge is 2.26. The van der Waals surface area contributed by atoms with Crippen LogP contribution in [0.2, 0.25) is 0 Å². The van der Waals surface area contributed by atoms with Gasteiger partial charge >= 0.3 is 0 Å². The van der Waals surface area contributed by atoms with E-state index in [4.69, 9.17) is 0 Å². The van der Waals surface area contributed by atoms with Crippen LogP contribution in [0.5, 0.6) is 0 Å². The van der Waals surface area contributed by atoms with Crippen molar-refractivity contribution in [2.45, 2.75) is 42.6 Å². The largest absolute Gasteiger partial charge is 0.151 e. The Bertz CT molecular complexity index is 650. The van der Waals surface area contributed by atoms with E-state index in [-0.39, 0.29) is 0 Å². The normalized spacial score (nSPS) is 25.5. The second-order valence-electron chi connectivity index (χ2n) is 6.07. The summed E-state index contributed by atoms with van der Waals surface area (Å²) in [7, 11) is 0. The lowest BCUT2D eigenvalue weighted by Crippen LogP contribution is -2.22. The Morgan fingerprint density at radius 1 is 1.00 bits per heavy atom. The third-order valence-electron chi connectivity index (χ3n) is 4.59. The molecule has 102 valence electrons. The summed E-state index contributed by atoms with van der Waals surface area (Å²) < 4.78 is 0. The molecule has 0 radical (unpaired) electrons. The summed E-state index contributed by atoms with van der Waals surface area (Å²) in [6.07, 6.45) is 9.27. The maximum absolute atomic E-state index is 2.57. The van der Waals surface area contributed by atoms with E-state index in [1.165, 1.54) is 42.0 Å². The summed E-state index contributed by atoms with van der Waals surface area (Å²) >= 11 is 2.21. The Hall–Kier alpha value is -1.21. The molecular weight excluding hydrogens is 260 g/mol. The number of rotatable bonds is 2. The molecule has 1 fully saturated rings. The van der Waals surface area contributed by atoms with Gasteiger partial charge in [0.1, 0.15) is 0 Å². The first kappa shape index (κ1) is 12.5. The molecule has 0 saturated carbocycles. The fourth-order valence-electron chi connectivity index (χ4n) is 3.65. The molecule has 2 atom stereocenters. The average molecular weight is 280 g/mol. The minimum Gasteiger partial charge on any atom is -0.151 e. The SMILES string of the molecule is C1=C(Cc2cccc3ccccc23)CC2CCCC1S2. The molecule has 2 bridgehead atoms. The van der Waals surface area contributed by atoms with Gasteiger partial charge in [-0.05, 0) is 42.0 Å². The third kappa shape index (κ3) is 2.40. The van der Waals surface area contributed by atoms with Crippen LogP contribution in [0.4, 0.5) is 0 Å². The summed E-state index contributed by atoms with van der Waals surface area (Å²) in [6, 6.07) is 15.5. The molecule has 0 nitrogen and oxygen atoms in total. The van der Waals surface area contributed by atoms with Crippen LogP contribution in [0.15, 0.2) is 54.1 Å². The van der Waals surface area contributed by atoms with Gasteiger partial charge in [0.2, 0.25) is 0 Å². The van der Waals surface area contributed by atoms with Gasteiger partial charge in [-0.1, -0.05) is 60.5 Å². The Kier molecular flexibility index (Phi) is 3.31. The molecule has 2 heterocycles. The van der Waals surface area contributed by atoms with E-state index in [2.05, 4.69) is 60.3 Å². The van der Waals surface area contributed by atoms with Crippen molar-refractivity contribution in [1.29, 1.82) is 0 Å². The first-order chi connectivity index (χ1) is 9.88. The van der Waals surface area contributed by atoms with Gasteiger partial charge < -0.3 is 0 Å². The fraction of sp³-hybridized carbons (Fsp3) is 0.368. The summed E-state index contributed by atoms with van der Waals surface area (Å²) in [5, 5.41) is 4.49. The molecule has 4 rings (SSSR count). The first-order valence-corrected chi connectivity index (χ1v) is 8.64. The minimum atomic E-state index is 0.799. The van der Waals surface area contributed by atoms with Crippen LogP contribution in [-0.4, -0.2) is 10.5 Å². The Labute approximate surface area is 125 Å². The van der Waals surface area contributed by atoms with E-state index in [1.54, 1.807) is 5.57 Å². The smallest absolute Gasteiger partial charge is 0.0232 e. The molecule has 20 heavy (non-hydrogen) atoms. The van der Waals surface area contributed by atoms with Crippen LogP contribution in [-0.2, 0) is 6.42 Å². The van der Waals surface area contributed by atoms with Gasteiger partial charge in [0.05, 0.1) is 0 Å². The van der Waals surface area contributed by atoms with Crippen LogP contribution < -0.4 is 0 Å². The molecular formula is C19H20S. The zero-order chi connectivity index (χ0) is 13.4. The zero-order valence-corrected chi connectivity index (χ0v) is 12.5. The Morgan fingerprint density at radius 2 is 1.90 bits per heavy atom. The monoisotopic (exact) mass is 280 g/mol. The van der Waals surface area contributed by atoms with Gasteiger partial charge in [0.15, 0.2) is 0 Å². The molecule has 1 saturated heterocycles. The van der Waals surface area contributed by atoms with Gasteiger partial charge in [-0.2, -0.15) is 11.8 Å². The van der Waals surface area contributed by atoms with E-state index in [9.17, 15) is 0 Å². The van der Waals surface area contributed by atoms with Crippen LogP contribution >= 0.6 is 11.8 Å². The van der Waals surface area contributed by atoms with Gasteiger partial charge in [-0.15, -0.1) is 0 Å². The highest BCUT2D eigenvalue weighted by Crippen LogP contribution is 2.41. The van der Waals surface area contributed by atoms with E-state index < -0.39 is 0 Å². The van der Waals surface area contributed by atoms with Crippen molar-refractivity contribution < 1.29 is 0 Å². The van der Waals surface area contributed by atoms with Crippen molar-refractivity contribution >= 4 is 22.5 Å². The summed E-state index contributed by atoms with van der Waals surface area (Å²) in [6.45, 7) is 0. The van der Waals surface area contributed by atoms with E-state index in [1.807, 2.05) is 0 Å². The second kappa shape index (κ2) is 5.29. The lowest BCUT2D eigenvalue weighted by Gasteiger charge is -2.33. The predicted molar refractivity (Wildman–Crippen MR) is 89.4 cm³/mol. The molecule has 2 aliphatic heterocycles. The standard InChI is InChI=1S/C19H20S/c1-2-10-19-15(5-1)6-3-7-16(19)11-14-12-17-8-4-9-18(13-14)20-17/h1-3,5-7,10,12,17-18H,4,8-9,11,13H2. The first-order valence-electron chi connectivity index (χ1n) is 7.70. The van der Waals surface area contributed by atoms with Crippen molar-refractivity contribution in [2.24, 2.45) is 0 Å². The van der Waals surface area contributed by atoms with Crippen LogP contribution in [0.1, 0.15) is 31.2 Å². The molecule has 0 aliphatic carbocycles. The minimum absolute atomic E-state index is 0.799. The van der Waals surface area contributed by atoms with Crippen LogP contribution in [0.25, 0.3) is 10.8 Å². The van der Waals surface area contributed by atoms with E-state index in [0.717, 1.165) is 16.9 Å². The molecule has 2 aliphatic rings. The fourth-order valence-corrected chi connectivity index (χ4v) is 5.33. The molecule has 0 N–H and O–H groups in total. The average Bonchev–Trinajstić information content (AvgIpc) is 2.47. The van der Waals surface area contributed by atoms with Crippen molar-refractivity contribution in [1.82, 2.24) is 0 Å². The molecule has 0 amide bonds. The van der Waals surface area contributed by atoms with Crippen LogP contribution in [0, 0.1) is 0 Å². The number of fused-ring (bicyclic) bond motifs is 3. The molecule has 0 aromatic heterocycles. The van der Waals surface area contributed by atoms with Gasteiger partial charge in [-0.25, -0.2) is 0 Å². The predicted octanol–water partition coefficient (Wildman–Crippen LogP) is 5.37. The highest BCUT2D eigenvalue weighted by atomic mass is 32.2. The second-order valence-corrected chi connectivity index (χ2v) is 7.62. The summed E-state index contributed by atoms with van der Waals surface area (Å²) in [5.41, 5.74) is 3.18. The number of thioether (sulfide) groups is 1. The quantitative estimate of drug-likeness (QED) is 0.667. The molecule has 2 aromatic carbocycles. The molecule has 2 unspecified atom stereocenters. The van der Waals surface area contributed by atoms with Gasteiger partial charge in [0, 0.05) is 10.5 Å². The lowest BCUT2D eigenvalue weighted by atomic mass is 9.92. The number of hydrogen-bond donors (Lipinski definition) is 0. The number of benzene rings is 2. The van der Waals surface area contributed by atoms with E-state index in [0.29, 0.717) is 0 Å². The third-order valence-corrected chi connectivity index (χ3v) is 6.10. The van der Waals surface area contributed by atoms with Gasteiger partial charge in [-0.3, -0.25) is 0 Å². The summed E-state index contributed by atoms with van der Waals surface area (Å²) in [4.78, 5) is 0.